The molecule has 12 nitrogen and oxygen atoms in total. The fourth-order valence-electron chi connectivity index (χ4n) is 6.63. The minimum atomic E-state index is -1.23. The van der Waals surface area contributed by atoms with Crippen LogP contribution in [0.3, 0.4) is 0 Å². The van der Waals surface area contributed by atoms with Gasteiger partial charge in [0.25, 0.3) is 5.91 Å². The van der Waals surface area contributed by atoms with E-state index < -0.39 is 42.2 Å². The van der Waals surface area contributed by atoms with Crippen LogP contribution in [0.5, 0.6) is 0 Å². The van der Waals surface area contributed by atoms with E-state index in [2.05, 4.69) is 29.1 Å². The number of benzene rings is 1. The topological polar surface area (TPSA) is 148 Å². The largest absolute Gasteiger partial charge is 0.436 e. The number of hydrogen-bond donors (Lipinski definition) is 3. The molecule has 1 saturated carbocycles. The van der Waals surface area contributed by atoms with E-state index in [1.165, 1.54) is 22.5 Å². The number of carbonyl (C=O) groups is 4. The number of likely N-dealkylation sites (N-methyl/N-ethyl adjacent to an activating group) is 3. The molecule has 0 bridgehead atoms. The fourth-order valence-corrected chi connectivity index (χ4v) is 6.63. The Morgan fingerprint density at radius 3 is 2.20 bits per heavy atom. The third-order valence-corrected chi connectivity index (χ3v) is 9.95. The molecule has 0 saturated heterocycles. The van der Waals surface area contributed by atoms with E-state index in [0.717, 1.165) is 37.7 Å². The highest BCUT2D eigenvalue weighted by molar-refractivity contribution is 5.90. The van der Waals surface area contributed by atoms with E-state index >= 15 is 0 Å². The standard InChI is InChI=1S/C39H62N6O6/c1-27(2)18-19-34(46)32(22-29-14-10-8-11-15-29)42-36(47)33(24-31-25-40-26-41-31)45(7)38(49)35(23-30-16-12-9-13-17-30)51-39(50)44(6)21-20-43(5)37(48)28(3)4/h9,12-13,16-17,25-29,32-35,46H,8,10-11,14-15,18-24H2,1-7H3,(H,40,41)(H,42,47)/t32-,33-,34-,35-/m0/s1. The van der Waals surface area contributed by atoms with Crippen molar-refractivity contribution in [1.82, 2.24) is 30.0 Å². The summed E-state index contributed by atoms with van der Waals surface area (Å²) < 4.78 is 5.88. The van der Waals surface area contributed by atoms with Crippen LogP contribution in [0.4, 0.5) is 4.79 Å². The molecule has 2 aromatic rings. The number of aliphatic hydroxyl groups excluding tert-OH is 1. The fraction of sp³-hybridized carbons (Fsp3) is 0.667. The molecule has 3 rings (SSSR count). The Hall–Kier alpha value is -3.93. The third-order valence-electron chi connectivity index (χ3n) is 9.95. The maximum atomic E-state index is 14.3. The second-order valence-electron chi connectivity index (χ2n) is 15.0. The average molecular weight is 711 g/mol. The maximum Gasteiger partial charge on any atom is 0.410 e. The van der Waals surface area contributed by atoms with Gasteiger partial charge in [-0.05, 0) is 36.7 Å². The van der Waals surface area contributed by atoms with Gasteiger partial charge in [-0.25, -0.2) is 9.78 Å². The van der Waals surface area contributed by atoms with Gasteiger partial charge in [0, 0.05) is 59.2 Å². The summed E-state index contributed by atoms with van der Waals surface area (Å²) in [6, 6.07) is 7.82. The van der Waals surface area contributed by atoms with Gasteiger partial charge in [-0.1, -0.05) is 90.1 Å². The molecule has 12 heteroatoms. The third kappa shape index (κ3) is 13.6. The Labute approximate surface area is 304 Å². The SMILES string of the molecule is CC(C)CC[C@H](O)[C@H](CC1CCCCC1)NC(=O)[C@H](Cc1c[nH]cn1)N(C)C(=O)[C@H](Cc1ccccc1)OC(=O)N(C)CCN(C)C(=O)C(C)C. The number of aromatic nitrogens is 2. The van der Waals surface area contributed by atoms with Crippen molar-refractivity contribution in [2.24, 2.45) is 17.8 Å². The van der Waals surface area contributed by atoms with E-state index in [0.29, 0.717) is 36.9 Å². The first-order valence-corrected chi connectivity index (χ1v) is 18.7. The number of imidazole rings is 1. The second-order valence-corrected chi connectivity index (χ2v) is 15.0. The van der Waals surface area contributed by atoms with Crippen LogP contribution in [0.25, 0.3) is 0 Å². The predicted molar refractivity (Wildman–Crippen MR) is 198 cm³/mol. The number of nitrogens with zero attached hydrogens (tertiary/aromatic N) is 4. The Morgan fingerprint density at radius 1 is 0.922 bits per heavy atom. The summed E-state index contributed by atoms with van der Waals surface area (Å²) in [5.41, 5.74) is 1.38. The number of aliphatic hydroxyl groups is 1. The van der Waals surface area contributed by atoms with Crippen LogP contribution in [0.15, 0.2) is 42.9 Å². The molecule has 3 N–H and O–H groups in total. The summed E-state index contributed by atoms with van der Waals surface area (Å²) in [5.74, 6) is -0.311. The van der Waals surface area contributed by atoms with Crippen molar-refractivity contribution in [2.45, 2.75) is 116 Å². The summed E-state index contributed by atoms with van der Waals surface area (Å²) in [5, 5.41) is 14.5. The Morgan fingerprint density at radius 2 is 1.59 bits per heavy atom. The van der Waals surface area contributed by atoms with E-state index in [9.17, 15) is 24.3 Å². The summed E-state index contributed by atoms with van der Waals surface area (Å²) >= 11 is 0. The first-order valence-electron chi connectivity index (χ1n) is 18.7. The van der Waals surface area contributed by atoms with Crippen LogP contribution in [-0.2, 0) is 32.0 Å². The molecule has 0 aliphatic heterocycles. The van der Waals surface area contributed by atoms with Crippen LogP contribution in [0.1, 0.15) is 90.3 Å². The molecule has 4 atom stereocenters. The molecule has 1 heterocycles. The zero-order valence-corrected chi connectivity index (χ0v) is 31.8. The van der Waals surface area contributed by atoms with Crippen LogP contribution >= 0.6 is 0 Å². The Bertz CT molecular complexity index is 1350. The summed E-state index contributed by atoms with van der Waals surface area (Å²) in [6.45, 7) is 8.38. The van der Waals surface area contributed by atoms with Crippen molar-refractivity contribution in [3.05, 3.63) is 54.1 Å². The normalized spacial score (nSPS) is 15.9. The molecule has 1 aliphatic rings. The Kier molecular flexibility index (Phi) is 16.9. The van der Waals surface area contributed by atoms with Gasteiger partial charge in [-0.3, -0.25) is 14.4 Å². The van der Waals surface area contributed by atoms with Crippen molar-refractivity contribution < 1.29 is 29.0 Å². The van der Waals surface area contributed by atoms with Gasteiger partial charge in [-0.15, -0.1) is 0 Å². The van der Waals surface area contributed by atoms with Crippen molar-refractivity contribution in [1.29, 1.82) is 0 Å². The molecular formula is C39H62N6O6. The number of rotatable bonds is 19. The van der Waals surface area contributed by atoms with Crippen LogP contribution in [0, 0.1) is 17.8 Å². The smallest absolute Gasteiger partial charge is 0.410 e. The summed E-state index contributed by atoms with van der Waals surface area (Å²) in [4.78, 5) is 65.9. The number of aromatic amines is 1. The summed E-state index contributed by atoms with van der Waals surface area (Å²) in [7, 11) is 4.80. The molecule has 51 heavy (non-hydrogen) atoms. The molecule has 0 unspecified atom stereocenters. The molecule has 1 aliphatic carbocycles. The number of H-pyrrole nitrogens is 1. The predicted octanol–water partition coefficient (Wildman–Crippen LogP) is 4.83. The highest BCUT2D eigenvalue weighted by Gasteiger charge is 2.36. The van der Waals surface area contributed by atoms with Gasteiger partial charge in [0.15, 0.2) is 6.10 Å². The summed E-state index contributed by atoms with van der Waals surface area (Å²) in [6.07, 6.45) is 8.50. The molecule has 1 aromatic carbocycles. The number of carbonyl (C=O) groups excluding carboxylic acids is 4. The van der Waals surface area contributed by atoms with E-state index in [1.807, 2.05) is 44.2 Å². The molecule has 4 amide bonds. The van der Waals surface area contributed by atoms with Gasteiger partial charge >= 0.3 is 6.09 Å². The lowest BCUT2D eigenvalue weighted by atomic mass is 9.83. The monoisotopic (exact) mass is 710 g/mol. The van der Waals surface area contributed by atoms with Crippen LogP contribution < -0.4 is 5.32 Å². The first kappa shape index (κ1) is 41.5. The average Bonchev–Trinajstić information content (AvgIpc) is 3.64. The quantitative estimate of drug-likeness (QED) is 0.189. The molecule has 284 valence electrons. The minimum Gasteiger partial charge on any atom is -0.436 e. The first-order chi connectivity index (χ1) is 24.3. The van der Waals surface area contributed by atoms with Crippen molar-refractivity contribution >= 4 is 23.8 Å². The van der Waals surface area contributed by atoms with Gasteiger partial charge in [0.1, 0.15) is 6.04 Å². The highest BCUT2D eigenvalue weighted by atomic mass is 16.6. The van der Waals surface area contributed by atoms with Gasteiger partial charge < -0.3 is 34.8 Å². The second kappa shape index (κ2) is 20.8. The number of hydrogen-bond acceptors (Lipinski definition) is 7. The zero-order valence-electron chi connectivity index (χ0n) is 31.8. The lowest BCUT2D eigenvalue weighted by Crippen LogP contribution is -2.56. The zero-order chi connectivity index (χ0) is 37.5. The van der Waals surface area contributed by atoms with Gasteiger partial charge in [0.05, 0.1) is 24.2 Å². The van der Waals surface area contributed by atoms with Crippen LogP contribution in [0.2, 0.25) is 0 Å². The minimum absolute atomic E-state index is 0.0369. The van der Waals surface area contributed by atoms with Gasteiger partial charge in [0.2, 0.25) is 11.8 Å². The van der Waals surface area contributed by atoms with E-state index in [4.69, 9.17) is 4.74 Å². The molecule has 1 aromatic heterocycles. The number of amides is 4. The maximum absolute atomic E-state index is 14.3. The molecule has 0 spiro atoms. The van der Waals surface area contributed by atoms with Gasteiger partial charge in [-0.2, -0.15) is 0 Å². The van der Waals surface area contributed by atoms with Crippen molar-refractivity contribution in [3.63, 3.8) is 0 Å². The number of nitrogens with one attached hydrogen (secondary N) is 2. The molecule has 1 fully saturated rings. The van der Waals surface area contributed by atoms with Crippen molar-refractivity contribution in [3.8, 4) is 0 Å². The molecular weight excluding hydrogens is 648 g/mol. The number of ether oxygens (including phenoxy) is 1. The Balaban J connectivity index is 1.84. The lowest BCUT2D eigenvalue weighted by molar-refractivity contribution is -0.146. The lowest BCUT2D eigenvalue weighted by Gasteiger charge is -2.34. The highest BCUT2D eigenvalue weighted by Crippen LogP contribution is 2.29. The van der Waals surface area contributed by atoms with Crippen molar-refractivity contribution in [2.75, 3.05) is 34.2 Å². The molecule has 0 radical (unpaired) electrons. The van der Waals surface area contributed by atoms with E-state index in [1.54, 1.807) is 32.2 Å². The van der Waals surface area contributed by atoms with E-state index in [-0.39, 0.29) is 31.2 Å². The van der Waals surface area contributed by atoms with Crippen LogP contribution in [-0.4, -0.2) is 112 Å².